The number of aryl methyl sites for hydroxylation is 2. The number of anilines is 1. The smallest absolute Gasteiger partial charge is 0.142 e. The van der Waals surface area contributed by atoms with Gasteiger partial charge in [-0.25, -0.2) is 8.93 Å². The Morgan fingerprint density at radius 3 is 2.83 bits per heavy atom. The van der Waals surface area contributed by atoms with Crippen LogP contribution in [0.15, 0.2) is 48.6 Å². The Bertz CT molecular complexity index is 1230. The van der Waals surface area contributed by atoms with Gasteiger partial charge in [-0.3, -0.25) is 0 Å². The van der Waals surface area contributed by atoms with Crippen LogP contribution in [0.2, 0.25) is 0 Å². The summed E-state index contributed by atoms with van der Waals surface area (Å²) in [5, 5.41) is 0. The zero-order valence-electron chi connectivity index (χ0n) is 24.0. The van der Waals surface area contributed by atoms with Gasteiger partial charge in [0.05, 0.1) is 29.4 Å². The SMILES string of the molecule is C=O.CO[C@H]1/C=C/CCCS(=O)NCc2ccc3c(c2)N(C[C@@H]2CC[C@H]21)C[C@@]1(CCCc2cc(C)ccc21)CO3. The van der Waals surface area contributed by atoms with Crippen molar-refractivity contribution in [2.45, 2.75) is 69.9 Å². The summed E-state index contributed by atoms with van der Waals surface area (Å²) in [6, 6.07) is 13.6. The molecule has 1 N–H and O–H groups in total. The van der Waals surface area contributed by atoms with Crippen LogP contribution in [0.3, 0.4) is 0 Å². The van der Waals surface area contributed by atoms with E-state index in [0.29, 0.717) is 30.7 Å². The first-order valence-electron chi connectivity index (χ1n) is 14.8. The third-order valence-corrected chi connectivity index (χ3v) is 10.5. The summed E-state index contributed by atoms with van der Waals surface area (Å²) in [6.45, 7) is 7.50. The first-order chi connectivity index (χ1) is 19.5. The highest BCUT2D eigenvalue weighted by molar-refractivity contribution is 7.82. The summed E-state index contributed by atoms with van der Waals surface area (Å²) >= 11 is 0. The lowest BCUT2D eigenvalue weighted by atomic mass is 9.68. The summed E-state index contributed by atoms with van der Waals surface area (Å²) in [6.07, 6.45) is 12.5. The van der Waals surface area contributed by atoms with Gasteiger partial charge in [-0.1, -0.05) is 42.0 Å². The van der Waals surface area contributed by atoms with Crippen molar-refractivity contribution in [3.63, 3.8) is 0 Å². The molecule has 40 heavy (non-hydrogen) atoms. The molecule has 216 valence electrons. The Morgan fingerprint density at radius 2 is 2.02 bits per heavy atom. The van der Waals surface area contributed by atoms with E-state index < -0.39 is 11.0 Å². The van der Waals surface area contributed by atoms with Crippen LogP contribution in [0.5, 0.6) is 5.75 Å². The van der Waals surface area contributed by atoms with Gasteiger partial charge in [0.25, 0.3) is 0 Å². The summed E-state index contributed by atoms with van der Waals surface area (Å²) in [5.41, 5.74) is 6.66. The number of hydrogen-bond acceptors (Lipinski definition) is 5. The van der Waals surface area contributed by atoms with Gasteiger partial charge in [0, 0.05) is 37.9 Å². The standard InChI is InChI=1S/C32H42N2O3S.CH2O/c1-23-9-13-28-25(17-23)7-6-15-32(28)21-34-20-26-11-12-27(26)30(36-2)8-4-3-5-16-38(35)33-19-24-10-14-31(37-22-32)29(34)18-24;1-2/h4,8-10,13-14,17-18,26-27,30,33H,3,5-7,11-12,15-16,19-22H2,1-2H3;1H2/b8-4+;/t26-,27+,30-,32-,38?;/m0./s1. The third-order valence-electron chi connectivity index (χ3n) is 9.38. The van der Waals surface area contributed by atoms with Crippen LogP contribution in [0.25, 0.3) is 0 Å². The molecule has 1 unspecified atom stereocenters. The maximum atomic E-state index is 12.6. The topological polar surface area (TPSA) is 67.9 Å². The van der Waals surface area contributed by atoms with E-state index in [9.17, 15) is 4.21 Å². The number of rotatable bonds is 1. The number of allylic oxidation sites excluding steroid dienone is 1. The van der Waals surface area contributed by atoms with Crippen LogP contribution >= 0.6 is 0 Å². The van der Waals surface area contributed by atoms with Crippen molar-refractivity contribution >= 4 is 23.5 Å². The summed E-state index contributed by atoms with van der Waals surface area (Å²) in [4.78, 5) is 10.6. The summed E-state index contributed by atoms with van der Waals surface area (Å²) in [7, 11) is 0.811. The van der Waals surface area contributed by atoms with Crippen LogP contribution in [-0.4, -0.2) is 49.7 Å². The Kier molecular flexibility index (Phi) is 9.44. The van der Waals surface area contributed by atoms with Crippen molar-refractivity contribution in [1.29, 1.82) is 0 Å². The first-order valence-corrected chi connectivity index (χ1v) is 16.1. The van der Waals surface area contributed by atoms with E-state index in [1.165, 1.54) is 41.6 Å². The molecule has 0 saturated heterocycles. The van der Waals surface area contributed by atoms with Gasteiger partial charge in [-0.05, 0) is 92.5 Å². The molecule has 6 nitrogen and oxygen atoms in total. The summed E-state index contributed by atoms with van der Waals surface area (Å²) in [5.74, 6) is 2.77. The highest BCUT2D eigenvalue weighted by Gasteiger charge is 2.44. The fourth-order valence-corrected chi connectivity index (χ4v) is 8.06. The molecule has 2 aliphatic heterocycles. The molecule has 1 saturated carbocycles. The highest BCUT2D eigenvalue weighted by Crippen LogP contribution is 2.46. The third kappa shape index (κ3) is 6.07. The maximum absolute atomic E-state index is 12.6. The fourth-order valence-electron chi connectivity index (χ4n) is 7.16. The largest absolute Gasteiger partial charge is 0.490 e. The predicted molar refractivity (Wildman–Crippen MR) is 162 cm³/mol. The van der Waals surface area contributed by atoms with E-state index in [-0.39, 0.29) is 11.5 Å². The second-order valence-corrected chi connectivity index (χ2v) is 13.3. The number of ether oxygens (including phenoxy) is 2. The number of carbonyl (C=O) groups is 1. The number of carbonyl (C=O) groups excluding carboxylic acids is 1. The number of fused-ring (bicyclic) bond motifs is 4. The summed E-state index contributed by atoms with van der Waals surface area (Å²) < 4.78 is 28.5. The molecule has 2 aliphatic carbocycles. The molecule has 2 aromatic carbocycles. The molecular weight excluding hydrogens is 520 g/mol. The average Bonchev–Trinajstić information content (AvgIpc) is 3.11. The highest BCUT2D eigenvalue weighted by atomic mass is 32.2. The lowest BCUT2D eigenvalue weighted by Crippen LogP contribution is -2.49. The molecular formula is C33H44N2O4S. The molecule has 0 amide bonds. The van der Waals surface area contributed by atoms with E-state index in [1.807, 2.05) is 13.9 Å². The molecule has 1 fully saturated rings. The zero-order valence-corrected chi connectivity index (χ0v) is 24.8. The molecule has 4 aliphatic rings. The number of benzene rings is 2. The molecule has 6 rings (SSSR count). The van der Waals surface area contributed by atoms with Crippen LogP contribution < -0.4 is 14.4 Å². The Hall–Kier alpha value is -2.48. The maximum Gasteiger partial charge on any atom is 0.142 e. The van der Waals surface area contributed by atoms with Gasteiger partial charge in [-0.2, -0.15) is 0 Å². The number of nitrogens with zero attached hydrogens (tertiary/aromatic N) is 1. The Balaban J connectivity index is 0.00000158. The number of hydrogen-bond donors (Lipinski definition) is 1. The molecule has 0 radical (unpaired) electrons. The van der Waals surface area contributed by atoms with Crippen molar-refractivity contribution in [3.8, 4) is 5.75 Å². The molecule has 2 heterocycles. The Morgan fingerprint density at radius 1 is 1.15 bits per heavy atom. The van der Waals surface area contributed by atoms with Crippen LogP contribution in [0, 0.1) is 18.8 Å². The lowest BCUT2D eigenvalue weighted by Gasteiger charge is -2.46. The van der Waals surface area contributed by atoms with Gasteiger partial charge < -0.3 is 19.2 Å². The quantitative estimate of drug-likeness (QED) is 0.468. The van der Waals surface area contributed by atoms with Crippen molar-refractivity contribution in [2.75, 3.05) is 37.5 Å². The van der Waals surface area contributed by atoms with E-state index in [1.54, 1.807) is 0 Å². The van der Waals surface area contributed by atoms with Crippen molar-refractivity contribution in [1.82, 2.24) is 4.72 Å². The minimum atomic E-state index is -1.04. The zero-order chi connectivity index (χ0) is 28.1. The molecule has 1 spiro atoms. The van der Waals surface area contributed by atoms with E-state index in [0.717, 1.165) is 50.1 Å². The van der Waals surface area contributed by atoms with Gasteiger partial charge in [0.2, 0.25) is 0 Å². The molecule has 0 aromatic heterocycles. The minimum absolute atomic E-state index is 0.0130. The van der Waals surface area contributed by atoms with Crippen LogP contribution in [-0.2, 0) is 38.9 Å². The fraction of sp³-hybridized carbons (Fsp3) is 0.545. The van der Waals surface area contributed by atoms with Crippen LogP contribution in [0.4, 0.5) is 5.69 Å². The second kappa shape index (κ2) is 13.0. The molecule has 2 bridgehead atoms. The van der Waals surface area contributed by atoms with E-state index >= 15 is 0 Å². The molecule has 2 aromatic rings. The monoisotopic (exact) mass is 564 g/mol. The predicted octanol–water partition coefficient (Wildman–Crippen LogP) is 5.43. The van der Waals surface area contributed by atoms with E-state index in [4.69, 9.17) is 14.3 Å². The van der Waals surface area contributed by atoms with E-state index in [2.05, 4.69) is 65.1 Å². The van der Waals surface area contributed by atoms with Crippen molar-refractivity contribution in [3.05, 3.63) is 70.8 Å². The van der Waals surface area contributed by atoms with Gasteiger partial charge in [-0.15, -0.1) is 0 Å². The van der Waals surface area contributed by atoms with Gasteiger partial charge in [0.1, 0.15) is 12.5 Å². The Labute approximate surface area is 242 Å². The minimum Gasteiger partial charge on any atom is -0.490 e. The first kappa shape index (κ1) is 29.0. The van der Waals surface area contributed by atoms with Crippen LogP contribution in [0.1, 0.15) is 60.8 Å². The van der Waals surface area contributed by atoms with Crippen molar-refractivity contribution in [2.24, 2.45) is 11.8 Å². The molecule has 7 heteroatoms. The molecule has 5 atom stereocenters. The number of methoxy groups -OCH3 is 1. The van der Waals surface area contributed by atoms with Crippen molar-refractivity contribution < 1.29 is 18.5 Å². The lowest BCUT2D eigenvalue weighted by molar-refractivity contribution is -0.0980. The average molecular weight is 565 g/mol. The van der Waals surface area contributed by atoms with Gasteiger partial charge >= 0.3 is 0 Å². The van der Waals surface area contributed by atoms with Gasteiger partial charge in [0.15, 0.2) is 0 Å². The normalized spacial score (nSPS) is 30.8. The second-order valence-electron chi connectivity index (χ2n) is 11.9. The number of nitrogens with one attached hydrogen (secondary N) is 1.